The van der Waals surface area contributed by atoms with Crippen molar-refractivity contribution in [2.75, 3.05) is 14.1 Å². The van der Waals surface area contributed by atoms with E-state index in [4.69, 9.17) is 0 Å². The summed E-state index contributed by atoms with van der Waals surface area (Å²) in [5.74, 6) is 0. The van der Waals surface area contributed by atoms with Crippen LogP contribution in [0.3, 0.4) is 0 Å². The molecule has 0 aromatic heterocycles. The zero-order chi connectivity index (χ0) is 13.9. The Balaban J connectivity index is 3.07. The predicted octanol–water partition coefficient (Wildman–Crippen LogP) is 3.01. The maximum atomic E-state index is 12.7. The number of carbonyl (C=O) groups is 1. The van der Waals surface area contributed by atoms with E-state index in [0.717, 1.165) is 6.07 Å². The van der Waals surface area contributed by atoms with Gasteiger partial charge in [0.05, 0.1) is 5.56 Å². The number of rotatable bonds is 4. The van der Waals surface area contributed by atoms with Gasteiger partial charge in [-0.25, -0.2) is 0 Å². The van der Waals surface area contributed by atoms with E-state index in [9.17, 15) is 18.0 Å². The quantitative estimate of drug-likeness (QED) is 0.775. The molecule has 0 N–H and O–H groups in total. The van der Waals surface area contributed by atoms with Crippen LogP contribution < -0.4 is 0 Å². The topological polar surface area (TPSA) is 20.3 Å². The second kappa shape index (κ2) is 5.52. The van der Waals surface area contributed by atoms with E-state index in [0.29, 0.717) is 12.0 Å². The molecule has 0 aliphatic rings. The highest BCUT2D eigenvalue weighted by Crippen LogP contribution is 2.32. The minimum Gasteiger partial charge on any atom is -0.306 e. The van der Waals surface area contributed by atoms with Crippen LogP contribution in [0, 0.1) is 0 Å². The highest BCUT2D eigenvalue weighted by molar-refractivity contribution is 5.77. The first-order valence-electron chi connectivity index (χ1n) is 5.57. The van der Waals surface area contributed by atoms with Gasteiger partial charge in [0.1, 0.15) is 0 Å². The Morgan fingerprint density at radius 2 is 1.94 bits per heavy atom. The van der Waals surface area contributed by atoms with Crippen molar-refractivity contribution in [3.63, 3.8) is 0 Å². The molecule has 100 valence electrons. The molecule has 0 saturated carbocycles. The van der Waals surface area contributed by atoms with Gasteiger partial charge in [0, 0.05) is 11.6 Å². The van der Waals surface area contributed by atoms with Crippen LogP contribution in [0.2, 0.25) is 0 Å². The first-order chi connectivity index (χ1) is 8.25. The van der Waals surface area contributed by atoms with Gasteiger partial charge in [-0.05, 0) is 39.1 Å². The van der Waals surface area contributed by atoms with E-state index in [-0.39, 0.29) is 17.9 Å². The van der Waals surface area contributed by atoms with E-state index < -0.39 is 11.7 Å². The van der Waals surface area contributed by atoms with Gasteiger partial charge in [-0.15, -0.1) is 0 Å². The van der Waals surface area contributed by atoms with E-state index in [2.05, 4.69) is 0 Å². The molecule has 18 heavy (non-hydrogen) atoms. The van der Waals surface area contributed by atoms with Gasteiger partial charge in [-0.3, -0.25) is 4.79 Å². The molecule has 0 radical (unpaired) electrons. The third-order valence-electron chi connectivity index (χ3n) is 2.96. The number of hydrogen-bond acceptors (Lipinski definition) is 2. The zero-order valence-electron chi connectivity index (χ0n) is 10.6. The van der Waals surface area contributed by atoms with Crippen molar-refractivity contribution in [2.45, 2.75) is 25.6 Å². The normalized spacial score (nSPS) is 13.7. The maximum Gasteiger partial charge on any atom is 0.417 e. The van der Waals surface area contributed by atoms with Crippen LogP contribution in [0.15, 0.2) is 18.2 Å². The van der Waals surface area contributed by atoms with Gasteiger partial charge in [0.15, 0.2) is 6.29 Å². The van der Waals surface area contributed by atoms with Crippen LogP contribution in [-0.4, -0.2) is 31.3 Å². The largest absolute Gasteiger partial charge is 0.417 e. The summed E-state index contributed by atoms with van der Waals surface area (Å²) < 4.78 is 38.2. The van der Waals surface area contributed by atoms with Crippen molar-refractivity contribution in [3.8, 4) is 0 Å². The molecule has 1 rings (SSSR count). The lowest BCUT2D eigenvalue weighted by Gasteiger charge is -2.20. The molecule has 1 unspecified atom stereocenters. The van der Waals surface area contributed by atoms with Gasteiger partial charge in [-0.1, -0.05) is 12.1 Å². The Hall–Kier alpha value is -1.36. The molecule has 0 fully saturated rings. The van der Waals surface area contributed by atoms with E-state index in [1.807, 2.05) is 25.9 Å². The first-order valence-corrected chi connectivity index (χ1v) is 5.57. The Bertz CT molecular complexity index is 427. The van der Waals surface area contributed by atoms with E-state index in [1.165, 1.54) is 6.07 Å². The summed E-state index contributed by atoms with van der Waals surface area (Å²) in [4.78, 5) is 12.5. The molecule has 2 nitrogen and oxygen atoms in total. The molecule has 1 aromatic rings. The van der Waals surface area contributed by atoms with Gasteiger partial charge in [0.25, 0.3) is 0 Å². The molecule has 0 bridgehead atoms. The average molecular weight is 259 g/mol. The summed E-state index contributed by atoms with van der Waals surface area (Å²) >= 11 is 0. The summed E-state index contributed by atoms with van der Waals surface area (Å²) in [5, 5.41) is 0. The maximum absolute atomic E-state index is 12.7. The number of alkyl halides is 3. The third-order valence-corrected chi connectivity index (χ3v) is 2.96. The summed E-state index contributed by atoms with van der Waals surface area (Å²) in [5.41, 5.74) is -0.598. The summed E-state index contributed by atoms with van der Waals surface area (Å²) in [6, 6.07) is 3.99. The number of likely N-dealkylation sites (N-methyl/N-ethyl adjacent to an activating group) is 1. The smallest absolute Gasteiger partial charge is 0.306 e. The van der Waals surface area contributed by atoms with Crippen molar-refractivity contribution in [1.29, 1.82) is 0 Å². The van der Waals surface area contributed by atoms with Gasteiger partial charge in [0.2, 0.25) is 0 Å². The molecule has 0 aliphatic carbocycles. The summed E-state index contributed by atoms with van der Waals surface area (Å²) in [6.45, 7) is 1.93. The van der Waals surface area contributed by atoms with Gasteiger partial charge in [-0.2, -0.15) is 13.2 Å². The van der Waals surface area contributed by atoms with Crippen LogP contribution in [0.4, 0.5) is 13.2 Å². The van der Waals surface area contributed by atoms with Crippen LogP contribution in [0.1, 0.15) is 28.4 Å². The van der Waals surface area contributed by atoms with Crippen LogP contribution in [-0.2, 0) is 12.6 Å². The third kappa shape index (κ3) is 3.57. The van der Waals surface area contributed by atoms with Gasteiger partial charge >= 0.3 is 6.18 Å². The number of hydrogen-bond donors (Lipinski definition) is 0. The van der Waals surface area contributed by atoms with E-state index in [1.54, 1.807) is 6.07 Å². The second-order valence-corrected chi connectivity index (χ2v) is 4.55. The average Bonchev–Trinajstić information content (AvgIpc) is 2.27. The highest BCUT2D eigenvalue weighted by Gasteiger charge is 2.33. The molecule has 5 heteroatoms. The minimum atomic E-state index is -4.49. The molecule has 0 aliphatic heterocycles. The fraction of sp³-hybridized carbons (Fsp3) is 0.462. The molecule has 0 heterocycles. The fourth-order valence-electron chi connectivity index (χ4n) is 1.60. The van der Waals surface area contributed by atoms with Crippen molar-refractivity contribution in [3.05, 3.63) is 34.9 Å². The number of carbonyl (C=O) groups excluding carboxylic acids is 1. The molecular weight excluding hydrogens is 243 g/mol. The Labute approximate surface area is 104 Å². The number of halogens is 3. The monoisotopic (exact) mass is 259 g/mol. The lowest BCUT2D eigenvalue weighted by Crippen LogP contribution is -2.26. The van der Waals surface area contributed by atoms with Crippen LogP contribution in [0.25, 0.3) is 0 Å². The molecule has 1 aromatic carbocycles. The first kappa shape index (κ1) is 14.7. The highest BCUT2D eigenvalue weighted by atomic mass is 19.4. The van der Waals surface area contributed by atoms with Crippen molar-refractivity contribution in [2.24, 2.45) is 0 Å². The van der Waals surface area contributed by atoms with Gasteiger partial charge < -0.3 is 4.90 Å². The van der Waals surface area contributed by atoms with Crippen LogP contribution >= 0.6 is 0 Å². The lowest BCUT2D eigenvalue weighted by molar-refractivity contribution is -0.137. The SMILES string of the molecule is CC(Cc1ccc(C=O)c(C(F)(F)F)c1)N(C)C. The summed E-state index contributed by atoms with van der Waals surface area (Å²) in [6.07, 6.45) is -3.75. The van der Waals surface area contributed by atoms with Crippen molar-refractivity contribution in [1.82, 2.24) is 4.90 Å². The molecule has 0 amide bonds. The Kier molecular flexibility index (Phi) is 4.51. The molecule has 0 saturated heterocycles. The van der Waals surface area contributed by atoms with E-state index >= 15 is 0 Å². The van der Waals surface area contributed by atoms with Crippen molar-refractivity contribution < 1.29 is 18.0 Å². The fourth-order valence-corrected chi connectivity index (χ4v) is 1.60. The predicted molar refractivity (Wildman–Crippen MR) is 63.7 cm³/mol. The Morgan fingerprint density at radius 1 is 1.33 bits per heavy atom. The molecule has 0 spiro atoms. The van der Waals surface area contributed by atoms with Crippen LogP contribution in [0.5, 0.6) is 0 Å². The van der Waals surface area contributed by atoms with Crippen molar-refractivity contribution >= 4 is 6.29 Å². The number of benzene rings is 1. The second-order valence-electron chi connectivity index (χ2n) is 4.55. The molecular formula is C13H16F3NO. The number of aldehydes is 1. The molecule has 1 atom stereocenters. The standard InChI is InChI=1S/C13H16F3NO/c1-9(17(2)3)6-10-4-5-11(8-18)12(7-10)13(14,15)16/h4-5,7-9H,6H2,1-3H3. The Morgan fingerprint density at radius 3 is 2.39 bits per heavy atom. The summed E-state index contributed by atoms with van der Waals surface area (Å²) in [7, 11) is 3.74. The number of nitrogens with zero attached hydrogens (tertiary/aromatic N) is 1. The zero-order valence-corrected chi connectivity index (χ0v) is 10.6. The minimum absolute atomic E-state index is 0.133. The lowest BCUT2D eigenvalue weighted by atomic mass is 10.00.